The second-order valence-corrected chi connectivity index (χ2v) is 5.59. The molecule has 5 nitrogen and oxygen atoms in total. The van der Waals surface area contributed by atoms with Gasteiger partial charge in [-0.25, -0.2) is 4.99 Å². The second-order valence-electron chi connectivity index (χ2n) is 5.59. The zero-order chi connectivity index (χ0) is 17.2. The van der Waals surface area contributed by atoms with E-state index in [0.717, 1.165) is 23.6 Å². The van der Waals surface area contributed by atoms with Gasteiger partial charge in [0.05, 0.1) is 13.2 Å². The molecular weight excluding hydrogens is 429 g/mol. The molecule has 0 heterocycles. The average Bonchev–Trinajstić information content (AvgIpc) is 2.59. The number of hydrogen-bond acceptors (Lipinski definition) is 3. The molecule has 2 N–H and O–H groups in total. The maximum absolute atomic E-state index is 5.91. The van der Waals surface area contributed by atoms with Crippen molar-refractivity contribution in [2.45, 2.75) is 19.9 Å². The number of ether oxygens (including phenoxy) is 2. The van der Waals surface area contributed by atoms with Crippen LogP contribution < -0.4 is 15.4 Å². The van der Waals surface area contributed by atoms with E-state index in [4.69, 9.17) is 9.47 Å². The van der Waals surface area contributed by atoms with Crippen LogP contribution >= 0.6 is 24.0 Å². The molecule has 0 aromatic heterocycles. The summed E-state index contributed by atoms with van der Waals surface area (Å²) < 4.78 is 11.1. The van der Waals surface area contributed by atoms with E-state index in [9.17, 15) is 0 Å². The molecule has 0 spiro atoms. The topological polar surface area (TPSA) is 54.9 Å². The third-order valence-corrected chi connectivity index (χ3v) is 3.51. The van der Waals surface area contributed by atoms with Crippen LogP contribution in [0.1, 0.15) is 13.8 Å². The van der Waals surface area contributed by atoms with Gasteiger partial charge in [-0.05, 0) is 25.3 Å². The van der Waals surface area contributed by atoms with Crippen molar-refractivity contribution in [3.8, 4) is 5.75 Å². The number of hydrogen-bond donors (Lipinski definition) is 2. The van der Waals surface area contributed by atoms with Gasteiger partial charge >= 0.3 is 0 Å². The van der Waals surface area contributed by atoms with Crippen LogP contribution in [0.3, 0.4) is 0 Å². The second kappa shape index (κ2) is 11.9. The van der Waals surface area contributed by atoms with Crippen LogP contribution in [0.25, 0.3) is 10.8 Å². The minimum atomic E-state index is 0. The first-order valence-electron chi connectivity index (χ1n) is 8.39. The Labute approximate surface area is 167 Å². The van der Waals surface area contributed by atoms with Crippen molar-refractivity contribution in [1.82, 2.24) is 10.6 Å². The van der Waals surface area contributed by atoms with Crippen molar-refractivity contribution in [2.75, 3.05) is 33.4 Å². The van der Waals surface area contributed by atoms with Crippen molar-refractivity contribution < 1.29 is 9.47 Å². The minimum Gasteiger partial charge on any atom is -0.491 e. The number of guanidine groups is 1. The van der Waals surface area contributed by atoms with Crippen LogP contribution in [-0.2, 0) is 4.74 Å². The number of methoxy groups -OCH3 is 1. The monoisotopic (exact) mass is 457 g/mol. The Kier molecular flexibility index (Phi) is 10.3. The highest BCUT2D eigenvalue weighted by Gasteiger charge is 2.04. The van der Waals surface area contributed by atoms with Gasteiger partial charge in [0.25, 0.3) is 0 Å². The maximum atomic E-state index is 5.91. The highest BCUT2D eigenvalue weighted by Crippen LogP contribution is 2.24. The molecule has 0 amide bonds. The Morgan fingerprint density at radius 2 is 1.92 bits per heavy atom. The molecule has 0 aliphatic rings. The van der Waals surface area contributed by atoms with E-state index >= 15 is 0 Å². The Balaban J connectivity index is 0.00000312. The van der Waals surface area contributed by atoms with Gasteiger partial charge in [0.15, 0.2) is 5.96 Å². The summed E-state index contributed by atoms with van der Waals surface area (Å²) in [7, 11) is 1.69. The van der Waals surface area contributed by atoms with Gasteiger partial charge in [-0.3, -0.25) is 0 Å². The molecule has 1 atom stereocenters. The normalized spacial score (nSPS) is 12.4. The molecule has 2 aromatic carbocycles. The van der Waals surface area contributed by atoms with E-state index in [-0.39, 0.29) is 30.0 Å². The lowest BCUT2D eigenvalue weighted by atomic mass is 10.1. The molecule has 0 bridgehead atoms. The van der Waals surface area contributed by atoms with E-state index < -0.39 is 0 Å². The summed E-state index contributed by atoms with van der Waals surface area (Å²) in [6.45, 7) is 6.67. The van der Waals surface area contributed by atoms with Crippen molar-refractivity contribution in [3.63, 3.8) is 0 Å². The number of benzene rings is 2. The zero-order valence-corrected chi connectivity index (χ0v) is 17.4. The molecule has 0 radical (unpaired) electrons. The maximum Gasteiger partial charge on any atom is 0.191 e. The van der Waals surface area contributed by atoms with E-state index in [1.165, 1.54) is 5.39 Å². The summed E-state index contributed by atoms with van der Waals surface area (Å²) in [6.07, 6.45) is 0. The molecule has 0 aliphatic heterocycles. The summed E-state index contributed by atoms with van der Waals surface area (Å²) >= 11 is 0. The lowest BCUT2D eigenvalue weighted by molar-refractivity contribution is 0.179. The lowest BCUT2D eigenvalue weighted by Gasteiger charge is -2.17. The van der Waals surface area contributed by atoms with Crippen LogP contribution in [-0.4, -0.2) is 45.4 Å². The van der Waals surface area contributed by atoms with E-state index in [1.807, 2.05) is 31.2 Å². The quantitative estimate of drug-likeness (QED) is 0.276. The highest BCUT2D eigenvalue weighted by atomic mass is 127. The molecule has 0 saturated heterocycles. The molecule has 0 fully saturated rings. The summed E-state index contributed by atoms with van der Waals surface area (Å²) in [5.41, 5.74) is 0. The molecule has 2 aromatic rings. The lowest BCUT2D eigenvalue weighted by Crippen LogP contribution is -2.44. The first-order valence-corrected chi connectivity index (χ1v) is 8.39. The van der Waals surface area contributed by atoms with Crippen LogP contribution in [0.15, 0.2) is 47.5 Å². The summed E-state index contributed by atoms with van der Waals surface area (Å²) in [5.74, 6) is 1.68. The molecule has 0 aliphatic carbocycles. The summed E-state index contributed by atoms with van der Waals surface area (Å²) in [5, 5.41) is 8.84. The zero-order valence-electron chi connectivity index (χ0n) is 15.1. The molecule has 6 heteroatoms. The third-order valence-electron chi connectivity index (χ3n) is 3.51. The Morgan fingerprint density at radius 1 is 1.16 bits per heavy atom. The van der Waals surface area contributed by atoms with Gasteiger partial charge in [0.1, 0.15) is 12.4 Å². The number of aliphatic imine (C=N–C) groups is 1. The number of rotatable bonds is 8. The fourth-order valence-electron chi connectivity index (χ4n) is 2.48. The first kappa shape index (κ1) is 21.5. The van der Waals surface area contributed by atoms with Gasteiger partial charge in [0, 0.05) is 25.1 Å². The number of halogens is 1. The third kappa shape index (κ3) is 7.07. The highest BCUT2D eigenvalue weighted by molar-refractivity contribution is 14.0. The van der Waals surface area contributed by atoms with Gasteiger partial charge in [0.2, 0.25) is 0 Å². The number of nitrogens with one attached hydrogen (secondary N) is 2. The molecule has 138 valence electrons. The van der Waals surface area contributed by atoms with E-state index in [2.05, 4.69) is 40.7 Å². The Hall–Kier alpha value is -1.54. The molecule has 25 heavy (non-hydrogen) atoms. The first-order chi connectivity index (χ1) is 11.7. The molecule has 2 rings (SSSR count). The molecular formula is C19H28IN3O2. The van der Waals surface area contributed by atoms with E-state index in [0.29, 0.717) is 19.8 Å². The minimum absolute atomic E-state index is 0. The largest absolute Gasteiger partial charge is 0.491 e. The smallest absolute Gasteiger partial charge is 0.191 e. The van der Waals surface area contributed by atoms with Crippen LogP contribution in [0.4, 0.5) is 0 Å². The predicted molar refractivity (Wildman–Crippen MR) is 115 cm³/mol. The Morgan fingerprint density at radius 3 is 2.68 bits per heavy atom. The van der Waals surface area contributed by atoms with Gasteiger partial charge in [-0.1, -0.05) is 36.4 Å². The van der Waals surface area contributed by atoms with Crippen LogP contribution in [0.5, 0.6) is 5.75 Å². The molecule has 1 unspecified atom stereocenters. The van der Waals surface area contributed by atoms with Gasteiger partial charge in [-0.2, -0.15) is 0 Å². The molecule has 0 saturated carbocycles. The van der Waals surface area contributed by atoms with Crippen molar-refractivity contribution >= 4 is 40.7 Å². The van der Waals surface area contributed by atoms with Gasteiger partial charge < -0.3 is 20.1 Å². The SMILES string of the molecule is CCNC(=NCCOc1cccc2ccccc12)NC(C)COC.I. The summed E-state index contributed by atoms with van der Waals surface area (Å²) in [4.78, 5) is 4.54. The Bertz CT molecular complexity index is 659. The number of nitrogens with zero attached hydrogens (tertiary/aromatic N) is 1. The summed E-state index contributed by atoms with van der Waals surface area (Å²) in [6, 6.07) is 14.5. The van der Waals surface area contributed by atoms with Crippen molar-refractivity contribution in [2.24, 2.45) is 4.99 Å². The number of fused-ring (bicyclic) bond motifs is 1. The van der Waals surface area contributed by atoms with Crippen molar-refractivity contribution in [1.29, 1.82) is 0 Å². The fraction of sp³-hybridized carbons (Fsp3) is 0.421. The standard InChI is InChI=1S/C19H27N3O2.HI/c1-4-20-19(22-15(2)14-23-3)21-12-13-24-18-11-7-9-16-8-5-6-10-17(16)18;/h5-11,15H,4,12-14H2,1-3H3,(H2,20,21,22);1H. The van der Waals surface area contributed by atoms with Crippen LogP contribution in [0.2, 0.25) is 0 Å². The van der Waals surface area contributed by atoms with E-state index in [1.54, 1.807) is 7.11 Å². The predicted octanol–water partition coefficient (Wildman–Crippen LogP) is 3.43. The van der Waals surface area contributed by atoms with Crippen molar-refractivity contribution in [3.05, 3.63) is 42.5 Å². The average molecular weight is 457 g/mol. The fourth-order valence-corrected chi connectivity index (χ4v) is 2.48. The van der Waals surface area contributed by atoms with Crippen LogP contribution in [0, 0.1) is 0 Å². The van der Waals surface area contributed by atoms with Gasteiger partial charge in [-0.15, -0.1) is 24.0 Å².